The zero-order valence-electron chi connectivity index (χ0n) is 18.4. The first kappa shape index (κ1) is 21.2. The number of benzene rings is 2. The van der Waals surface area contributed by atoms with E-state index >= 15 is 0 Å². The highest BCUT2D eigenvalue weighted by Crippen LogP contribution is 2.34. The van der Waals surface area contributed by atoms with Gasteiger partial charge in [0.1, 0.15) is 6.61 Å². The number of cyclic esters (lactones) is 1. The van der Waals surface area contributed by atoms with Crippen LogP contribution in [0.4, 0.5) is 21.9 Å². The second kappa shape index (κ2) is 8.98. The van der Waals surface area contributed by atoms with Gasteiger partial charge in [-0.05, 0) is 49.6 Å². The number of nitrogens with one attached hydrogen (secondary N) is 1. The molecule has 0 radical (unpaired) electrons. The Hall–Kier alpha value is -3.06. The fourth-order valence-corrected chi connectivity index (χ4v) is 4.40. The highest BCUT2D eigenvalue weighted by molar-refractivity contribution is 5.93. The van der Waals surface area contributed by atoms with Crippen molar-refractivity contribution < 1.29 is 14.3 Å². The average molecular weight is 423 g/mol. The summed E-state index contributed by atoms with van der Waals surface area (Å²) in [7, 11) is 3.97. The molecule has 2 heterocycles. The third-order valence-corrected chi connectivity index (χ3v) is 6.07. The van der Waals surface area contributed by atoms with E-state index in [1.807, 2.05) is 73.3 Å². The summed E-state index contributed by atoms with van der Waals surface area (Å²) >= 11 is 0. The number of fused-ring (bicyclic) bond motifs is 1. The number of anilines is 3. The first-order valence-electron chi connectivity index (χ1n) is 10.8. The largest absolute Gasteiger partial charge is 0.444 e. The van der Waals surface area contributed by atoms with Gasteiger partial charge in [0.2, 0.25) is 5.91 Å². The van der Waals surface area contributed by atoms with E-state index in [9.17, 15) is 9.59 Å². The van der Waals surface area contributed by atoms with E-state index in [0.717, 1.165) is 54.1 Å². The molecule has 31 heavy (non-hydrogen) atoms. The molecule has 1 N–H and O–H groups in total. The number of hydrogen-bond donors (Lipinski definition) is 1. The van der Waals surface area contributed by atoms with Gasteiger partial charge in [-0.2, -0.15) is 0 Å². The fourth-order valence-electron chi connectivity index (χ4n) is 4.40. The van der Waals surface area contributed by atoms with E-state index in [-0.39, 0.29) is 18.0 Å². The summed E-state index contributed by atoms with van der Waals surface area (Å²) in [6.07, 6.45) is 1.36. The number of rotatable bonds is 5. The van der Waals surface area contributed by atoms with Gasteiger partial charge in [-0.25, -0.2) is 4.79 Å². The molecule has 4 rings (SSSR count). The molecule has 164 valence electrons. The molecule has 0 atom stereocenters. The van der Waals surface area contributed by atoms with Gasteiger partial charge in [-0.15, -0.1) is 0 Å². The average Bonchev–Trinajstić information content (AvgIpc) is 2.75. The third kappa shape index (κ3) is 4.66. The van der Waals surface area contributed by atoms with E-state index < -0.39 is 0 Å². The molecule has 0 aliphatic carbocycles. The molecule has 2 aromatic rings. The Morgan fingerprint density at radius 2 is 1.84 bits per heavy atom. The summed E-state index contributed by atoms with van der Waals surface area (Å²) in [5.74, 6) is -0.0189. The van der Waals surface area contributed by atoms with Gasteiger partial charge in [0.15, 0.2) is 0 Å². The summed E-state index contributed by atoms with van der Waals surface area (Å²) in [5.41, 5.74) is 5.04. The smallest absolute Gasteiger partial charge is 0.414 e. The van der Waals surface area contributed by atoms with Gasteiger partial charge in [-0.1, -0.05) is 18.2 Å². The van der Waals surface area contributed by atoms with E-state index in [0.29, 0.717) is 13.2 Å². The Labute approximate surface area is 183 Å². The van der Waals surface area contributed by atoms with E-state index in [1.54, 1.807) is 0 Å². The van der Waals surface area contributed by atoms with Crippen molar-refractivity contribution in [2.45, 2.75) is 32.4 Å². The molecule has 7 heteroatoms. The number of amides is 2. The zero-order chi connectivity index (χ0) is 22.0. The van der Waals surface area contributed by atoms with Gasteiger partial charge >= 0.3 is 6.09 Å². The van der Waals surface area contributed by atoms with Gasteiger partial charge < -0.3 is 15.0 Å². The summed E-state index contributed by atoms with van der Waals surface area (Å²) in [6.45, 7) is 4.25. The van der Waals surface area contributed by atoms with Crippen LogP contribution in [0.5, 0.6) is 0 Å². The molecule has 1 fully saturated rings. The van der Waals surface area contributed by atoms with Crippen LogP contribution < -0.4 is 15.1 Å². The Kier molecular flexibility index (Phi) is 6.13. The number of carbonyl (C=O) groups excluding carboxylic acids is 2. The zero-order valence-corrected chi connectivity index (χ0v) is 18.4. The predicted molar refractivity (Wildman–Crippen MR) is 123 cm³/mol. The molecule has 7 nitrogen and oxygen atoms in total. The molecule has 2 amide bonds. The van der Waals surface area contributed by atoms with E-state index in [2.05, 4.69) is 10.2 Å². The van der Waals surface area contributed by atoms with Crippen LogP contribution in [0.25, 0.3) is 0 Å². The number of carbonyl (C=O) groups is 2. The molecule has 2 aliphatic rings. The summed E-state index contributed by atoms with van der Waals surface area (Å²) in [5, 5.41) is 2.97. The Balaban J connectivity index is 1.33. The lowest BCUT2D eigenvalue weighted by atomic mass is 9.99. The summed E-state index contributed by atoms with van der Waals surface area (Å²) in [4.78, 5) is 31.1. The molecule has 0 unspecified atom stereocenters. The van der Waals surface area contributed by atoms with Gasteiger partial charge in [0, 0.05) is 50.2 Å². The van der Waals surface area contributed by atoms with Crippen molar-refractivity contribution in [2.75, 3.05) is 48.8 Å². The molecule has 2 aromatic carbocycles. The van der Waals surface area contributed by atoms with Crippen LogP contribution in [0.15, 0.2) is 42.5 Å². The predicted octanol–water partition coefficient (Wildman–Crippen LogP) is 3.62. The van der Waals surface area contributed by atoms with Gasteiger partial charge in [0.05, 0.1) is 12.2 Å². The minimum Gasteiger partial charge on any atom is -0.444 e. The van der Waals surface area contributed by atoms with Crippen LogP contribution in [0.2, 0.25) is 0 Å². The van der Waals surface area contributed by atoms with Crippen molar-refractivity contribution in [3.05, 3.63) is 53.6 Å². The van der Waals surface area contributed by atoms with Crippen molar-refractivity contribution in [1.29, 1.82) is 0 Å². The second-order valence-corrected chi connectivity index (χ2v) is 8.50. The van der Waals surface area contributed by atoms with Gasteiger partial charge in [0.25, 0.3) is 0 Å². The topological polar surface area (TPSA) is 65.1 Å². The molecule has 2 aliphatic heterocycles. The number of nitrogens with zero attached hydrogens (tertiary/aromatic N) is 3. The van der Waals surface area contributed by atoms with Crippen LogP contribution in [-0.2, 0) is 16.1 Å². The highest BCUT2D eigenvalue weighted by Gasteiger charge is 2.35. The number of likely N-dealkylation sites (tertiary alicyclic amines) is 1. The van der Waals surface area contributed by atoms with Crippen LogP contribution >= 0.6 is 0 Å². The monoisotopic (exact) mass is 422 g/mol. The SMILES string of the molecule is Cc1cccc2c1N(C1CCN(CC(=O)Nc3ccc(N(C)C)cc3)CC1)C(=O)OC2. The Morgan fingerprint density at radius 3 is 2.52 bits per heavy atom. The van der Waals surface area contributed by atoms with Gasteiger partial charge in [-0.3, -0.25) is 14.6 Å². The second-order valence-electron chi connectivity index (χ2n) is 8.50. The number of aryl methyl sites for hydroxylation is 1. The fraction of sp³-hybridized carbons (Fsp3) is 0.417. The first-order chi connectivity index (χ1) is 14.9. The normalized spacial score (nSPS) is 17.1. The molecular weight excluding hydrogens is 392 g/mol. The Bertz CT molecular complexity index is 950. The van der Waals surface area contributed by atoms with Crippen LogP contribution in [0.1, 0.15) is 24.0 Å². The lowest BCUT2D eigenvalue weighted by molar-refractivity contribution is -0.117. The number of hydrogen-bond acceptors (Lipinski definition) is 5. The number of piperidine rings is 1. The van der Waals surface area contributed by atoms with Crippen LogP contribution in [0, 0.1) is 6.92 Å². The van der Waals surface area contributed by atoms with Crippen LogP contribution in [-0.4, -0.2) is 56.7 Å². The lowest BCUT2D eigenvalue weighted by Gasteiger charge is -2.40. The highest BCUT2D eigenvalue weighted by atomic mass is 16.6. The molecular formula is C24H30N4O3. The minimum absolute atomic E-state index is 0.0189. The van der Waals surface area contributed by atoms with E-state index in [4.69, 9.17) is 4.74 Å². The maximum absolute atomic E-state index is 12.6. The first-order valence-corrected chi connectivity index (χ1v) is 10.8. The summed E-state index contributed by atoms with van der Waals surface area (Å²) < 4.78 is 5.41. The molecule has 0 bridgehead atoms. The quantitative estimate of drug-likeness (QED) is 0.797. The Morgan fingerprint density at radius 1 is 1.13 bits per heavy atom. The number of para-hydroxylation sites is 1. The van der Waals surface area contributed by atoms with Crippen molar-refractivity contribution >= 4 is 29.1 Å². The van der Waals surface area contributed by atoms with Crippen LogP contribution in [0.3, 0.4) is 0 Å². The molecule has 0 saturated carbocycles. The van der Waals surface area contributed by atoms with Crippen molar-refractivity contribution in [1.82, 2.24) is 4.90 Å². The third-order valence-electron chi connectivity index (χ3n) is 6.07. The van der Waals surface area contributed by atoms with E-state index in [1.165, 1.54) is 0 Å². The molecule has 1 saturated heterocycles. The maximum atomic E-state index is 12.6. The molecule has 0 aromatic heterocycles. The lowest BCUT2D eigenvalue weighted by Crippen LogP contribution is -2.50. The summed E-state index contributed by atoms with van der Waals surface area (Å²) in [6, 6.07) is 14.0. The van der Waals surface area contributed by atoms with Crippen molar-refractivity contribution in [3.8, 4) is 0 Å². The number of ether oxygens (including phenoxy) is 1. The van der Waals surface area contributed by atoms with Crippen molar-refractivity contribution in [3.63, 3.8) is 0 Å². The molecule has 0 spiro atoms. The maximum Gasteiger partial charge on any atom is 0.414 e. The minimum atomic E-state index is -0.265. The standard InChI is InChI=1S/C24H30N4O3/c1-17-5-4-6-18-16-31-24(30)28(23(17)18)21-11-13-27(14-12-21)15-22(29)25-19-7-9-20(10-8-19)26(2)3/h4-10,21H,11-16H2,1-3H3,(H,25,29). The van der Waals surface area contributed by atoms with Crippen molar-refractivity contribution in [2.24, 2.45) is 0 Å².